The Labute approximate surface area is 121 Å². The largest absolute Gasteiger partial charge is 0.494 e. The monoisotopic (exact) mass is 279 g/mol. The third-order valence-corrected chi connectivity index (χ3v) is 3.39. The molecule has 20 heavy (non-hydrogen) atoms. The summed E-state index contributed by atoms with van der Waals surface area (Å²) in [5.74, 6) is 0.522. The molecule has 1 atom stereocenters. The van der Waals surface area contributed by atoms with Crippen LogP contribution in [0.15, 0.2) is 18.2 Å². The van der Waals surface area contributed by atoms with Crippen molar-refractivity contribution in [3.05, 3.63) is 18.2 Å². The van der Waals surface area contributed by atoms with Gasteiger partial charge in [-0.1, -0.05) is 13.3 Å². The zero-order valence-electron chi connectivity index (χ0n) is 12.8. The van der Waals surface area contributed by atoms with E-state index >= 15 is 0 Å². The molecular weight excluding hydrogens is 254 g/mol. The molecule has 0 aliphatic rings. The van der Waals surface area contributed by atoms with Gasteiger partial charge >= 0.3 is 0 Å². The van der Waals surface area contributed by atoms with Gasteiger partial charge in [-0.3, -0.25) is 9.69 Å². The molecule has 1 aromatic rings. The van der Waals surface area contributed by atoms with E-state index in [2.05, 4.69) is 12.2 Å². The predicted octanol–water partition coefficient (Wildman–Crippen LogP) is 2.34. The number of methoxy groups -OCH3 is 1. The number of nitrogens with zero attached hydrogens (tertiary/aromatic N) is 1. The maximum Gasteiger partial charge on any atom is 0.241 e. The summed E-state index contributed by atoms with van der Waals surface area (Å²) in [4.78, 5) is 14.3. The number of anilines is 2. The van der Waals surface area contributed by atoms with Crippen LogP contribution >= 0.6 is 0 Å². The van der Waals surface area contributed by atoms with Crippen molar-refractivity contribution >= 4 is 17.3 Å². The normalized spacial score (nSPS) is 12.2. The smallest absolute Gasteiger partial charge is 0.241 e. The van der Waals surface area contributed by atoms with E-state index in [1.807, 2.05) is 18.9 Å². The molecule has 1 rings (SSSR count). The minimum Gasteiger partial charge on any atom is -0.494 e. The molecule has 3 N–H and O–H groups in total. The third kappa shape index (κ3) is 4.42. The first-order valence-electron chi connectivity index (χ1n) is 6.94. The Hall–Kier alpha value is -1.75. The Balaban J connectivity index is 2.70. The lowest BCUT2D eigenvalue weighted by atomic mass is 10.2. The number of rotatable bonds is 7. The quantitative estimate of drug-likeness (QED) is 0.752. The Morgan fingerprint density at radius 1 is 1.50 bits per heavy atom. The molecule has 5 heteroatoms. The number of nitrogens with one attached hydrogen (secondary N) is 1. The van der Waals surface area contributed by atoms with Crippen molar-refractivity contribution in [2.45, 2.75) is 32.7 Å². The Bertz CT molecular complexity index is 449. The van der Waals surface area contributed by atoms with Crippen LogP contribution in [0.5, 0.6) is 5.75 Å². The van der Waals surface area contributed by atoms with E-state index in [9.17, 15) is 4.79 Å². The number of benzene rings is 1. The zero-order chi connectivity index (χ0) is 15.1. The van der Waals surface area contributed by atoms with Crippen molar-refractivity contribution in [1.82, 2.24) is 4.90 Å². The van der Waals surface area contributed by atoms with E-state index in [4.69, 9.17) is 10.5 Å². The number of ether oxygens (including phenoxy) is 1. The highest BCUT2D eigenvalue weighted by atomic mass is 16.5. The van der Waals surface area contributed by atoms with E-state index in [0.29, 0.717) is 17.1 Å². The summed E-state index contributed by atoms with van der Waals surface area (Å²) in [5, 5.41) is 2.88. The molecule has 0 aromatic heterocycles. The first kappa shape index (κ1) is 16.3. The fraction of sp³-hybridized carbons (Fsp3) is 0.533. The minimum atomic E-state index is -0.191. The molecule has 0 saturated carbocycles. The van der Waals surface area contributed by atoms with Crippen LogP contribution in [-0.4, -0.2) is 37.6 Å². The molecule has 5 nitrogen and oxygen atoms in total. The number of carbonyl (C=O) groups excluding carboxylic acids is 1. The van der Waals surface area contributed by atoms with Crippen molar-refractivity contribution in [1.29, 1.82) is 0 Å². The summed E-state index contributed by atoms with van der Waals surface area (Å²) in [5.41, 5.74) is 6.94. The SMILES string of the molecule is CCCCN(C)C(C)C(=O)Nc1ccc(N)cc1OC. The molecule has 0 spiro atoms. The van der Waals surface area contributed by atoms with Crippen molar-refractivity contribution < 1.29 is 9.53 Å². The van der Waals surface area contributed by atoms with E-state index < -0.39 is 0 Å². The van der Waals surface area contributed by atoms with E-state index in [-0.39, 0.29) is 11.9 Å². The average molecular weight is 279 g/mol. The first-order valence-corrected chi connectivity index (χ1v) is 6.94. The van der Waals surface area contributed by atoms with E-state index in [0.717, 1.165) is 19.4 Å². The fourth-order valence-electron chi connectivity index (χ4n) is 1.85. The summed E-state index contributed by atoms with van der Waals surface area (Å²) in [6, 6.07) is 5.00. The van der Waals surface area contributed by atoms with Crippen molar-refractivity contribution in [2.75, 3.05) is 31.8 Å². The highest BCUT2D eigenvalue weighted by molar-refractivity contribution is 5.96. The second-order valence-corrected chi connectivity index (χ2v) is 4.96. The van der Waals surface area contributed by atoms with Crippen molar-refractivity contribution in [3.8, 4) is 5.75 Å². The van der Waals surface area contributed by atoms with Gasteiger partial charge in [0.05, 0.1) is 18.8 Å². The lowest BCUT2D eigenvalue weighted by molar-refractivity contribution is -0.120. The highest BCUT2D eigenvalue weighted by Crippen LogP contribution is 2.26. The molecule has 1 aromatic carbocycles. The molecule has 0 fully saturated rings. The summed E-state index contributed by atoms with van der Waals surface area (Å²) >= 11 is 0. The lowest BCUT2D eigenvalue weighted by Gasteiger charge is -2.24. The number of likely N-dealkylation sites (N-methyl/N-ethyl adjacent to an activating group) is 1. The molecule has 0 bridgehead atoms. The number of unbranched alkanes of at least 4 members (excludes halogenated alkanes) is 1. The number of amides is 1. The van der Waals surface area contributed by atoms with E-state index in [1.54, 1.807) is 25.3 Å². The van der Waals surface area contributed by atoms with Crippen LogP contribution < -0.4 is 15.8 Å². The van der Waals surface area contributed by atoms with Crippen LogP contribution in [0.3, 0.4) is 0 Å². The maximum absolute atomic E-state index is 12.2. The number of carbonyl (C=O) groups is 1. The predicted molar refractivity (Wildman–Crippen MR) is 83.0 cm³/mol. The molecule has 0 radical (unpaired) electrons. The molecular formula is C15H25N3O2. The van der Waals surface area contributed by atoms with Crippen LogP contribution in [0, 0.1) is 0 Å². The van der Waals surface area contributed by atoms with Crippen LogP contribution in [0.2, 0.25) is 0 Å². The number of nitrogen functional groups attached to an aromatic ring is 1. The Morgan fingerprint density at radius 3 is 2.80 bits per heavy atom. The molecule has 0 heterocycles. The molecule has 0 saturated heterocycles. The third-order valence-electron chi connectivity index (χ3n) is 3.39. The second kappa shape index (κ2) is 7.75. The van der Waals surface area contributed by atoms with Gasteiger partial charge in [-0.15, -0.1) is 0 Å². The van der Waals surface area contributed by atoms with E-state index in [1.165, 1.54) is 0 Å². The summed E-state index contributed by atoms with van der Waals surface area (Å²) in [6.45, 7) is 4.94. The van der Waals surface area contributed by atoms with Crippen molar-refractivity contribution in [3.63, 3.8) is 0 Å². The molecule has 112 valence electrons. The lowest BCUT2D eigenvalue weighted by Crippen LogP contribution is -2.40. The van der Waals surface area contributed by atoms with Gasteiger partial charge in [-0.05, 0) is 39.1 Å². The molecule has 0 aliphatic carbocycles. The molecule has 0 aliphatic heterocycles. The average Bonchev–Trinajstić information content (AvgIpc) is 2.45. The Kier molecular flexibility index (Phi) is 6.31. The topological polar surface area (TPSA) is 67.6 Å². The molecule has 1 amide bonds. The standard InChI is InChI=1S/C15H25N3O2/c1-5-6-9-18(3)11(2)15(19)17-13-8-7-12(16)10-14(13)20-4/h7-8,10-11H,5-6,9,16H2,1-4H3,(H,17,19). The van der Waals surface area contributed by atoms with Gasteiger partial charge in [0, 0.05) is 11.8 Å². The minimum absolute atomic E-state index is 0.0494. The highest BCUT2D eigenvalue weighted by Gasteiger charge is 2.18. The Morgan fingerprint density at radius 2 is 2.20 bits per heavy atom. The van der Waals surface area contributed by atoms with Crippen LogP contribution in [0.4, 0.5) is 11.4 Å². The van der Waals surface area contributed by atoms with Gasteiger partial charge in [0.25, 0.3) is 0 Å². The summed E-state index contributed by atoms with van der Waals surface area (Å²) < 4.78 is 5.22. The van der Waals surface area contributed by atoms with Gasteiger partial charge in [0.2, 0.25) is 5.91 Å². The number of hydrogen-bond donors (Lipinski definition) is 2. The first-order chi connectivity index (χ1) is 9.49. The summed E-state index contributed by atoms with van der Waals surface area (Å²) in [6.07, 6.45) is 2.20. The number of nitrogens with two attached hydrogens (primary N) is 1. The number of hydrogen-bond acceptors (Lipinski definition) is 4. The van der Waals surface area contributed by atoms with Gasteiger partial charge in [-0.2, -0.15) is 0 Å². The van der Waals surface area contributed by atoms with Gasteiger partial charge in [0.1, 0.15) is 5.75 Å². The van der Waals surface area contributed by atoms with Gasteiger partial charge in [0.15, 0.2) is 0 Å². The maximum atomic E-state index is 12.2. The fourth-order valence-corrected chi connectivity index (χ4v) is 1.85. The van der Waals surface area contributed by atoms with Crippen LogP contribution in [0.1, 0.15) is 26.7 Å². The summed E-state index contributed by atoms with van der Waals surface area (Å²) in [7, 11) is 3.52. The van der Waals surface area contributed by atoms with Crippen LogP contribution in [0.25, 0.3) is 0 Å². The second-order valence-electron chi connectivity index (χ2n) is 4.96. The van der Waals surface area contributed by atoms with Gasteiger partial charge in [-0.25, -0.2) is 0 Å². The van der Waals surface area contributed by atoms with Crippen LogP contribution in [-0.2, 0) is 4.79 Å². The van der Waals surface area contributed by atoms with Crippen molar-refractivity contribution in [2.24, 2.45) is 0 Å². The van der Waals surface area contributed by atoms with Gasteiger partial charge < -0.3 is 15.8 Å². The molecule has 1 unspecified atom stereocenters. The zero-order valence-corrected chi connectivity index (χ0v) is 12.8.